The van der Waals surface area contributed by atoms with Crippen LogP contribution in [0.25, 0.3) is 269 Å². The van der Waals surface area contributed by atoms with E-state index in [9.17, 15) is 0 Å². The molecule has 140 heavy (non-hydrogen) atoms. The predicted molar refractivity (Wildman–Crippen MR) is 584 cm³/mol. The van der Waals surface area contributed by atoms with E-state index in [1.807, 2.05) is 35.6 Å². The molecule has 0 amide bonds. The van der Waals surface area contributed by atoms with Crippen molar-refractivity contribution in [3.05, 3.63) is 466 Å². The molecule has 0 saturated carbocycles. The van der Waals surface area contributed by atoms with Crippen LogP contribution in [0.1, 0.15) is 25.0 Å². The lowest BCUT2D eigenvalue weighted by Gasteiger charge is -2.22. The van der Waals surface area contributed by atoms with Gasteiger partial charge in [-0.1, -0.05) is 341 Å². The summed E-state index contributed by atoms with van der Waals surface area (Å²) in [5.74, 6) is 1.99. The van der Waals surface area contributed by atoms with Crippen LogP contribution in [-0.2, 0) is 5.41 Å². The van der Waals surface area contributed by atoms with Crippen LogP contribution in [0.5, 0.6) is 0 Å². The molecule has 8 heterocycles. The van der Waals surface area contributed by atoms with Crippen LogP contribution < -0.4 is 0 Å². The number of furan rings is 1. The van der Waals surface area contributed by atoms with Crippen molar-refractivity contribution in [3.8, 4) is 96.1 Å². The molecule has 0 radical (unpaired) electrons. The van der Waals surface area contributed by atoms with Crippen LogP contribution in [0.3, 0.4) is 0 Å². The molecule has 30 rings (SSSR count). The summed E-state index contributed by atoms with van der Waals surface area (Å²) >= 11 is 1.85. The van der Waals surface area contributed by atoms with Gasteiger partial charge in [-0.25, -0.2) is 29.9 Å². The fourth-order valence-electron chi connectivity index (χ4n) is 21.9. The van der Waals surface area contributed by atoms with Crippen molar-refractivity contribution < 1.29 is 4.42 Å². The van der Waals surface area contributed by atoms with Crippen molar-refractivity contribution in [2.24, 2.45) is 0 Å². The van der Waals surface area contributed by atoms with Crippen molar-refractivity contribution in [2.75, 3.05) is 0 Å². The van der Waals surface area contributed by atoms with E-state index in [-0.39, 0.29) is 5.41 Å². The lowest BCUT2D eigenvalue weighted by atomic mass is 9.81. The Kier molecular flexibility index (Phi) is 18.4. The van der Waals surface area contributed by atoms with E-state index in [0.29, 0.717) is 17.8 Å². The third kappa shape index (κ3) is 13.1. The van der Waals surface area contributed by atoms with E-state index in [1.54, 1.807) is 0 Å². The summed E-state index contributed by atoms with van der Waals surface area (Å²) in [6.07, 6.45) is 0. The van der Waals surface area contributed by atoms with Crippen LogP contribution in [0.2, 0.25) is 0 Å². The second-order valence-corrected chi connectivity index (χ2v) is 38.3. The largest absolute Gasteiger partial charge is 0.456 e. The van der Waals surface area contributed by atoms with Gasteiger partial charge in [0, 0.05) is 102 Å². The third-order valence-corrected chi connectivity index (χ3v) is 29.9. The maximum absolute atomic E-state index is 6.23. The molecule has 0 saturated heterocycles. The first-order valence-corrected chi connectivity index (χ1v) is 48.4. The number of nitrogens with zero attached hydrogens (tertiary/aromatic N) is 9. The molecule has 1 aliphatic carbocycles. The molecule has 0 atom stereocenters. The molecule has 654 valence electrons. The third-order valence-electron chi connectivity index (χ3n) is 28.8. The Hall–Kier alpha value is -18.2. The summed E-state index contributed by atoms with van der Waals surface area (Å²) in [6.45, 7) is 4.67. The maximum Gasteiger partial charge on any atom is 0.235 e. The van der Waals surface area contributed by atoms with Crippen molar-refractivity contribution in [1.29, 1.82) is 0 Å². The Morgan fingerprint density at radius 2 is 0.521 bits per heavy atom. The number of hydrogen-bond acceptors (Lipinski definition) is 8. The summed E-state index contributed by atoms with van der Waals surface area (Å²) < 4.78 is 15.5. The molecule has 21 aromatic carbocycles. The molecule has 0 spiro atoms. The first-order chi connectivity index (χ1) is 69.1. The number of hydrogen-bond donors (Lipinski definition) is 0. The van der Waals surface area contributed by atoms with Gasteiger partial charge >= 0.3 is 0 Å². The van der Waals surface area contributed by atoms with Crippen molar-refractivity contribution >= 4 is 184 Å². The van der Waals surface area contributed by atoms with E-state index in [1.165, 1.54) is 118 Å². The quantitative estimate of drug-likeness (QED) is 0.142. The Balaban J connectivity index is 0.000000103. The van der Waals surface area contributed by atoms with Crippen LogP contribution in [0.15, 0.2) is 459 Å². The van der Waals surface area contributed by atoms with Gasteiger partial charge < -0.3 is 4.42 Å². The van der Waals surface area contributed by atoms with Crippen LogP contribution >= 0.6 is 11.3 Å². The Morgan fingerprint density at radius 1 is 0.200 bits per heavy atom. The van der Waals surface area contributed by atoms with Gasteiger partial charge in [0.05, 0.1) is 66.7 Å². The highest BCUT2D eigenvalue weighted by atomic mass is 32.1. The van der Waals surface area contributed by atoms with Gasteiger partial charge in [0.1, 0.15) is 11.2 Å². The lowest BCUT2D eigenvalue weighted by molar-refractivity contribution is 0.660. The minimum atomic E-state index is -0.0602. The molecule has 11 heteroatoms. The standard InChI is InChI=1S/C45H31N3.C42H25N3O.C42H25N3S/c1-45(2)38-18-10-8-16-33(38)34-22-20-31(25-39(34)45)32-21-23-36-40(26-32)46-44(47-43(36)28-12-4-3-5-13-28)48-41-19-11-9-17-35(41)37-24-29-14-6-7-15-30(29)27-42(37)48;2*1-2-10-26(11-3-1)41-34-21-19-29(30-18-20-33-32-15-7-9-17-39(32)46-40(33)25-30)23-36(34)43-42(44-41)45-37-16-8-6-14-31(37)35-22-27-12-4-5-13-28(27)24-38(35)45/h3-27H,1-2H3;2*1-25H. The molecule has 1 aliphatic rings. The molecular formula is C129H81N9OS. The van der Waals surface area contributed by atoms with Gasteiger partial charge in [-0.05, 0) is 215 Å². The maximum atomic E-state index is 6.23. The van der Waals surface area contributed by atoms with E-state index in [2.05, 4.69) is 458 Å². The highest BCUT2D eigenvalue weighted by Gasteiger charge is 2.36. The second-order valence-electron chi connectivity index (χ2n) is 37.2. The molecule has 0 N–H and O–H groups in total. The Morgan fingerprint density at radius 3 is 0.979 bits per heavy atom. The van der Waals surface area contributed by atoms with Gasteiger partial charge in [-0.15, -0.1) is 11.3 Å². The molecule has 0 fully saturated rings. The van der Waals surface area contributed by atoms with E-state index in [0.717, 1.165) is 144 Å². The minimum Gasteiger partial charge on any atom is -0.456 e. The topological polar surface area (TPSA) is 105 Å². The zero-order valence-electron chi connectivity index (χ0n) is 76.1. The van der Waals surface area contributed by atoms with Crippen LogP contribution in [0, 0.1) is 0 Å². The normalized spacial score (nSPS) is 12.4. The van der Waals surface area contributed by atoms with E-state index in [4.69, 9.17) is 34.3 Å². The lowest BCUT2D eigenvalue weighted by Crippen LogP contribution is -2.14. The average Bonchev–Trinajstić information content (AvgIpc) is 1.57. The summed E-state index contributed by atoms with van der Waals surface area (Å²) in [5, 5.41) is 22.4. The smallest absolute Gasteiger partial charge is 0.235 e. The molecule has 0 unspecified atom stereocenters. The summed E-state index contributed by atoms with van der Waals surface area (Å²) in [7, 11) is 0. The fourth-order valence-corrected chi connectivity index (χ4v) is 23.1. The number of benzene rings is 21. The Bertz CT molecular complexity index is 9830. The summed E-state index contributed by atoms with van der Waals surface area (Å²) in [5.41, 5.74) is 29.2. The number of fused-ring (bicyclic) bond motifs is 24. The second kappa shape index (κ2) is 32.0. The minimum absolute atomic E-state index is 0.0602. The Labute approximate surface area is 807 Å². The van der Waals surface area contributed by atoms with Crippen molar-refractivity contribution in [2.45, 2.75) is 19.3 Å². The number of thiophene rings is 1. The van der Waals surface area contributed by atoms with Gasteiger partial charge in [-0.3, -0.25) is 13.7 Å². The van der Waals surface area contributed by atoms with Gasteiger partial charge in [0.15, 0.2) is 0 Å². The van der Waals surface area contributed by atoms with Crippen LogP contribution in [-0.4, -0.2) is 43.6 Å². The molecule has 10 nitrogen and oxygen atoms in total. The fraction of sp³-hybridized carbons (Fsp3) is 0.0233. The number of para-hydroxylation sites is 4. The van der Waals surface area contributed by atoms with Gasteiger partial charge in [-0.2, -0.15) is 0 Å². The van der Waals surface area contributed by atoms with E-state index >= 15 is 0 Å². The monoisotopic (exact) mass is 1800 g/mol. The highest BCUT2D eigenvalue weighted by molar-refractivity contribution is 7.25. The first-order valence-electron chi connectivity index (χ1n) is 47.6. The number of aromatic nitrogens is 9. The van der Waals surface area contributed by atoms with Gasteiger partial charge in [0.2, 0.25) is 17.8 Å². The molecule has 0 aliphatic heterocycles. The predicted octanol–water partition coefficient (Wildman–Crippen LogP) is 34.2. The summed E-state index contributed by atoms with van der Waals surface area (Å²) in [6, 6.07) is 162. The van der Waals surface area contributed by atoms with E-state index < -0.39 is 0 Å². The molecule has 0 bridgehead atoms. The van der Waals surface area contributed by atoms with Crippen molar-refractivity contribution in [3.63, 3.8) is 0 Å². The zero-order valence-corrected chi connectivity index (χ0v) is 77.0. The van der Waals surface area contributed by atoms with Crippen LogP contribution in [0.4, 0.5) is 0 Å². The highest BCUT2D eigenvalue weighted by Crippen LogP contribution is 2.51. The average molecular weight is 1810 g/mol. The van der Waals surface area contributed by atoms with Gasteiger partial charge in [0.25, 0.3) is 0 Å². The SMILES string of the molecule is CC1(C)c2ccccc2-c2ccc(-c3ccc4c(-c5ccccc5)nc(-n5c6ccccc6c6cc7ccccc7cc65)nc4c3)cc21.c1ccc(-c2nc(-n3c4ccccc4c4cc5ccccc5cc43)nc3cc(-c4ccc5c(c4)oc4ccccc45)ccc23)cc1.c1ccc(-c2nc(-n3c4ccccc4c4cc5ccccc5cc43)nc3cc(-c4ccc5c(c4)sc4ccccc45)ccc23)cc1. The summed E-state index contributed by atoms with van der Waals surface area (Å²) in [4.78, 5) is 31.9. The number of rotatable bonds is 9. The molecule has 8 aromatic heterocycles. The van der Waals surface area contributed by atoms with Crippen molar-refractivity contribution in [1.82, 2.24) is 43.6 Å². The molecular weight excluding hydrogens is 1720 g/mol. The first kappa shape index (κ1) is 80.3. The zero-order chi connectivity index (χ0) is 92.4. The molecule has 29 aromatic rings.